The quantitative estimate of drug-likeness (QED) is 0.281. The molecule has 2 unspecified atom stereocenters. The van der Waals surface area contributed by atoms with Gasteiger partial charge in [-0.25, -0.2) is 4.79 Å². The molecule has 30 heavy (non-hydrogen) atoms. The highest BCUT2D eigenvalue weighted by Gasteiger charge is 2.62. The number of rotatable bonds is 6. The Labute approximate surface area is 187 Å². The Hall–Kier alpha value is -1.90. The van der Waals surface area contributed by atoms with Crippen molar-refractivity contribution in [1.29, 1.82) is 0 Å². The number of nitrogens with zero attached hydrogens (tertiary/aromatic N) is 1. The number of carbonyl (C=O) groups is 1. The van der Waals surface area contributed by atoms with E-state index >= 15 is 0 Å². The largest absolute Gasteiger partial charge is 0.478 e. The highest BCUT2D eigenvalue weighted by molar-refractivity contribution is 7.81. The summed E-state index contributed by atoms with van der Waals surface area (Å²) in [4.78, 5) is 16.3. The van der Waals surface area contributed by atoms with Crippen molar-refractivity contribution in [3.63, 3.8) is 0 Å². The number of carboxylic acid groups (broad SMARTS) is 1. The van der Waals surface area contributed by atoms with Crippen molar-refractivity contribution < 1.29 is 27.9 Å². The Balaban J connectivity index is 2.56. The van der Waals surface area contributed by atoms with Crippen LogP contribution in [-0.2, 0) is 10.4 Å². The molecule has 1 N–H and O–H groups in total. The maximum atomic E-state index is 14.2. The highest BCUT2D eigenvalue weighted by Crippen LogP contribution is 2.48. The van der Waals surface area contributed by atoms with Crippen LogP contribution in [0.1, 0.15) is 40.9 Å². The molecule has 0 aliphatic heterocycles. The normalized spacial score (nSPS) is 15.4. The zero-order valence-corrected chi connectivity index (χ0v) is 18.5. The fraction of sp³-hybridized carbons (Fsp3) is 0.300. The summed E-state index contributed by atoms with van der Waals surface area (Å²) >= 11 is 15.9. The van der Waals surface area contributed by atoms with Gasteiger partial charge in [0.25, 0.3) is 5.60 Å². The molecule has 2 rings (SSSR count). The van der Waals surface area contributed by atoms with Crippen LogP contribution in [0.15, 0.2) is 41.6 Å². The van der Waals surface area contributed by atoms with Gasteiger partial charge in [0.05, 0.1) is 16.5 Å². The summed E-state index contributed by atoms with van der Waals surface area (Å²) in [7, 11) is 0. The molecule has 0 radical (unpaired) electrons. The first kappa shape index (κ1) is 24.4. The topological polar surface area (TPSA) is 58.9 Å². The van der Waals surface area contributed by atoms with Crippen LogP contribution >= 0.6 is 35.8 Å². The van der Waals surface area contributed by atoms with Crippen molar-refractivity contribution in [2.24, 2.45) is 5.16 Å². The Morgan fingerprint density at radius 2 is 1.73 bits per heavy atom. The molecule has 0 amide bonds. The van der Waals surface area contributed by atoms with Crippen molar-refractivity contribution in [2.45, 2.75) is 37.8 Å². The van der Waals surface area contributed by atoms with E-state index in [4.69, 9.17) is 33.1 Å². The van der Waals surface area contributed by atoms with E-state index < -0.39 is 23.0 Å². The third-order valence-electron chi connectivity index (χ3n) is 4.50. The fourth-order valence-electron chi connectivity index (χ4n) is 2.91. The van der Waals surface area contributed by atoms with Crippen molar-refractivity contribution in [3.05, 3.63) is 68.7 Å². The molecule has 0 saturated heterocycles. The SMILES string of the molecule is C/C(=N\OC(c1cc(Cl)cc(Cl)c1)(C(C)S)C(F)(F)F)c1ccc(C(=O)O)c(C)c1. The number of alkyl halides is 3. The van der Waals surface area contributed by atoms with Crippen LogP contribution in [-0.4, -0.2) is 28.2 Å². The lowest BCUT2D eigenvalue weighted by molar-refractivity contribution is -0.284. The summed E-state index contributed by atoms with van der Waals surface area (Å²) in [6.07, 6.45) is -4.91. The second kappa shape index (κ2) is 9.08. The van der Waals surface area contributed by atoms with Crippen LogP contribution in [0.2, 0.25) is 10.0 Å². The van der Waals surface area contributed by atoms with E-state index in [1.807, 2.05) is 0 Å². The van der Waals surface area contributed by atoms with Gasteiger partial charge in [-0.15, -0.1) is 0 Å². The minimum atomic E-state index is -4.91. The van der Waals surface area contributed by atoms with Crippen molar-refractivity contribution in [2.75, 3.05) is 0 Å². The molecule has 162 valence electrons. The molecule has 2 aromatic rings. The molecule has 0 aromatic heterocycles. The average Bonchev–Trinajstić information content (AvgIpc) is 2.59. The molecule has 2 atom stereocenters. The first-order valence-corrected chi connectivity index (χ1v) is 9.85. The number of carboxylic acids is 1. The Kier molecular flexibility index (Phi) is 7.37. The third-order valence-corrected chi connectivity index (χ3v) is 5.30. The second-order valence-electron chi connectivity index (χ2n) is 6.67. The van der Waals surface area contributed by atoms with E-state index in [9.17, 15) is 18.0 Å². The van der Waals surface area contributed by atoms with E-state index in [2.05, 4.69) is 17.8 Å². The van der Waals surface area contributed by atoms with Gasteiger partial charge < -0.3 is 9.94 Å². The molecule has 4 nitrogen and oxygen atoms in total. The van der Waals surface area contributed by atoms with Gasteiger partial charge in [0.1, 0.15) is 0 Å². The van der Waals surface area contributed by atoms with E-state index in [0.29, 0.717) is 11.1 Å². The first-order valence-electron chi connectivity index (χ1n) is 8.58. The number of thiol groups is 1. The summed E-state index contributed by atoms with van der Waals surface area (Å²) in [6.45, 7) is 4.25. The lowest BCUT2D eigenvalue weighted by Crippen LogP contribution is -2.50. The molecule has 10 heteroatoms. The fourth-order valence-corrected chi connectivity index (χ4v) is 3.78. The van der Waals surface area contributed by atoms with Crippen molar-refractivity contribution in [1.82, 2.24) is 0 Å². The molecule has 0 spiro atoms. The van der Waals surface area contributed by atoms with Crippen LogP contribution in [0, 0.1) is 6.92 Å². The van der Waals surface area contributed by atoms with Crippen molar-refractivity contribution in [3.8, 4) is 0 Å². The first-order chi connectivity index (χ1) is 13.8. The molecule has 0 aliphatic rings. The number of aryl methyl sites for hydroxylation is 1. The molecule has 0 aliphatic carbocycles. The molecule has 2 aromatic carbocycles. The van der Waals surface area contributed by atoms with E-state index in [0.717, 1.165) is 12.1 Å². The van der Waals surface area contributed by atoms with Gasteiger partial charge in [-0.2, -0.15) is 25.8 Å². The van der Waals surface area contributed by atoms with Gasteiger partial charge in [0.2, 0.25) is 0 Å². The van der Waals surface area contributed by atoms with Crippen LogP contribution in [0.25, 0.3) is 0 Å². The minimum absolute atomic E-state index is 0.00398. The number of halogens is 5. The maximum absolute atomic E-state index is 14.2. The summed E-state index contributed by atoms with van der Waals surface area (Å²) in [5.74, 6) is -1.11. The number of hydrogen-bond acceptors (Lipinski definition) is 4. The predicted molar refractivity (Wildman–Crippen MR) is 114 cm³/mol. The number of hydrogen-bond donors (Lipinski definition) is 2. The summed E-state index contributed by atoms with van der Waals surface area (Å²) < 4.78 is 42.7. The summed E-state index contributed by atoms with van der Waals surface area (Å²) in [5, 5.41) is 11.5. The van der Waals surface area contributed by atoms with Gasteiger partial charge in [-0.05, 0) is 62.2 Å². The van der Waals surface area contributed by atoms with Crippen LogP contribution in [0.3, 0.4) is 0 Å². The van der Waals surface area contributed by atoms with Crippen molar-refractivity contribution >= 4 is 47.5 Å². The van der Waals surface area contributed by atoms with Gasteiger partial charge >= 0.3 is 12.1 Å². The second-order valence-corrected chi connectivity index (χ2v) is 8.32. The van der Waals surface area contributed by atoms with Gasteiger partial charge in [-0.1, -0.05) is 34.4 Å². The minimum Gasteiger partial charge on any atom is -0.478 e. The van der Waals surface area contributed by atoms with Crippen LogP contribution in [0.4, 0.5) is 13.2 Å². The molecular formula is C20H18Cl2F3NO3S. The molecule has 0 bridgehead atoms. The zero-order valence-electron chi connectivity index (χ0n) is 16.1. The predicted octanol–water partition coefficient (Wildman–Crippen LogP) is 6.52. The monoisotopic (exact) mass is 479 g/mol. The number of aromatic carboxylic acids is 1. The number of oxime groups is 1. The summed E-state index contributed by atoms with van der Waals surface area (Å²) in [6, 6.07) is 7.80. The smallest absolute Gasteiger partial charge is 0.436 e. The van der Waals surface area contributed by atoms with Crippen LogP contribution in [0.5, 0.6) is 0 Å². The van der Waals surface area contributed by atoms with E-state index in [1.165, 1.54) is 38.1 Å². The molecule has 0 fully saturated rings. The molecule has 0 heterocycles. The van der Waals surface area contributed by atoms with E-state index in [1.54, 1.807) is 6.92 Å². The Bertz CT molecular complexity index is 975. The molecular weight excluding hydrogens is 462 g/mol. The lowest BCUT2D eigenvalue weighted by atomic mass is 9.89. The molecule has 0 saturated carbocycles. The van der Waals surface area contributed by atoms with Gasteiger partial charge in [0, 0.05) is 15.6 Å². The zero-order chi connectivity index (χ0) is 22.9. The van der Waals surface area contributed by atoms with E-state index in [-0.39, 0.29) is 26.9 Å². The number of benzene rings is 2. The summed E-state index contributed by atoms with van der Waals surface area (Å²) in [5.41, 5.74) is -2.24. The maximum Gasteiger partial charge on any atom is 0.436 e. The average molecular weight is 480 g/mol. The lowest BCUT2D eigenvalue weighted by Gasteiger charge is -2.36. The van der Waals surface area contributed by atoms with Gasteiger partial charge in [-0.3, -0.25) is 0 Å². The highest BCUT2D eigenvalue weighted by atomic mass is 35.5. The third kappa shape index (κ3) is 4.87. The van der Waals surface area contributed by atoms with Crippen LogP contribution < -0.4 is 0 Å². The Morgan fingerprint density at radius 3 is 2.17 bits per heavy atom. The van der Waals surface area contributed by atoms with Gasteiger partial charge in [0.15, 0.2) is 0 Å². The Morgan fingerprint density at radius 1 is 1.17 bits per heavy atom. The standard InChI is InChI=1S/C20H18Cl2F3NO3S/c1-10-6-13(4-5-17(10)18(27)28)11(2)26-29-19(12(3)30,20(23,24)25)14-7-15(21)9-16(22)8-14/h4-9,12,30H,1-3H3,(H,27,28)/b26-11+.